The van der Waals surface area contributed by atoms with Gasteiger partial charge in [-0.25, -0.2) is 18.1 Å². The fourth-order valence-electron chi connectivity index (χ4n) is 6.06. The van der Waals surface area contributed by atoms with Gasteiger partial charge in [0, 0.05) is 11.8 Å². The smallest absolute Gasteiger partial charge is 0.420 e. The van der Waals surface area contributed by atoms with Crippen molar-refractivity contribution in [2.45, 2.75) is 77.3 Å². The molecule has 10 nitrogen and oxygen atoms in total. The molecule has 5 rings (SSSR count). The Kier molecular flexibility index (Phi) is 4.31. The van der Waals surface area contributed by atoms with Gasteiger partial charge in [-0.2, -0.15) is 0 Å². The highest BCUT2D eigenvalue weighted by Crippen LogP contribution is 2.64. The number of sulfone groups is 1. The van der Waals surface area contributed by atoms with Crippen LogP contribution in [-0.2, 0) is 33.6 Å². The van der Waals surface area contributed by atoms with Crippen LogP contribution >= 0.6 is 0 Å². The predicted molar refractivity (Wildman–Crippen MR) is 103 cm³/mol. The van der Waals surface area contributed by atoms with Gasteiger partial charge in [0.15, 0.2) is 18.1 Å². The van der Waals surface area contributed by atoms with Gasteiger partial charge in [-0.05, 0) is 38.0 Å². The molecule has 5 aliphatic rings. The Labute approximate surface area is 180 Å². The number of hydrogen-bond acceptors (Lipinski definition) is 9. The van der Waals surface area contributed by atoms with E-state index in [2.05, 4.69) is 0 Å². The van der Waals surface area contributed by atoms with Crippen LogP contribution in [0.5, 0.6) is 0 Å². The number of imide groups is 1. The quantitative estimate of drug-likeness (QED) is 0.608. The van der Waals surface area contributed by atoms with Crippen molar-refractivity contribution in [1.29, 1.82) is 0 Å². The normalized spacial score (nSPS) is 42.5. The van der Waals surface area contributed by atoms with Gasteiger partial charge < -0.3 is 18.9 Å². The molecule has 11 heteroatoms. The van der Waals surface area contributed by atoms with Gasteiger partial charge in [0.2, 0.25) is 9.84 Å². The second-order valence-corrected chi connectivity index (χ2v) is 12.1. The molecule has 172 valence electrons. The minimum atomic E-state index is -4.49. The van der Waals surface area contributed by atoms with Crippen molar-refractivity contribution in [1.82, 2.24) is 4.90 Å². The van der Waals surface area contributed by atoms with Gasteiger partial charge in [0.1, 0.15) is 18.0 Å². The Hall–Kier alpha value is -1.56. The molecular formula is C20H27NO9S. The molecule has 5 fully saturated rings. The number of nitrogens with zero attached hydrogens (tertiary/aromatic N) is 1. The van der Waals surface area contributed by atoms with Crippen LogP contribution in [0.15, 0.2) is 0 Å². The molecule has 6 atom stereocenters. The summed E-state index contributed by atoms with van der Waals surface area (Å²) in [4.78, 5) is 38.8. The number of carbonyl (C=O) groups is 3. The summed E-state index contributed by atoms with van der Waals surface area (Å²) in [6, 6.07) is 0. The Morgan fingerprint density at radius 2 is 1.87 bits per heavy atom. The summed E-state index contributed by atoms with van der Waals surface area (Å²) in [5.74, 6) is -1.56. The summed E-state index contributed by atoms with van der Waals surface area (Å²) in [5, 5.41) is -1.39. The average Bonchev–Trinajstić information content (AvgIpc) is 3.28. The van der Waals surface area contributed by atoms with E-state index in [1.54, 1.807) is 13.8 Å². The van der Waals surface area contributed by atoms with Gasteiger partial charge in [-0.1, -0.05) is 13.8 Å². The van der Waals surface area contributed by atoms with Crippen molar-refractivity contribution < 1.29 is 41.7 Å². The molecule has 2 amide bonds. The molecule has 2 saturated carbocycles. The number of rotatable bonds is 2. The first-order valence-corrected chi connectivity index (χ1v) is 12.2. The van der Waals surface area contributed by atoms with Crippen LogP contribution in [0.25, 0.3) is 0 Å². The number of Topliss-reactive ketones (excluding diaryl/α,β-unsaturated/α-hetero) is 1. The largest absolute Gasteiger partial charge is 0.438 e. The van der Waals surface area contributed by atoms with Crippen LogP contribution in [0, 0.1) is 16.7 Å². The lowest BCUT2D eigenvalue weighted by Gasteiger charge is -2.38. The SMILES string of the molecule is CC1(C)OC[C@H]2O[C@H]3[C@H](OC(=O)N3C(=O)S(=O)(=O)C[C@]34CC[C@H](CC3=O)C4(C)C)[C@H]2O1. The van der Waals surface area contributed by atoms with E-state index < -0.39 is 68.1 Å². The number of hydrogen-bond donors (Lipinski definition) is 0. The van der Waals surface area contributed by atoms with Crippen LogP contribution in [0.4, 0.5) is 9.59 Å². The minimum Gasteiger partial charge on any atom is -0.438 e. The van der Waals surface area contributed by atoms with Crippen LogP contribution in [-0.4, -0.2) is 73.1 Å². The van der Waals surface area contributed by atoms with E-state index in [1.165, 1.54) is 0 Å². The summed E-state index contributed by atoms with van der Waals surface area (Å²) in [5.41, 5.74) is -1.64. The van der Waals surface area contributed by atoms with E-state index in [0.29, 0.717) is 17.7 Å². The summed E-state index contributed by atoms with van der Waals surface area (Å²) < 4.78 is 48.8. The Balaban J connectivity index is 1.40. The lowest BCUT2D eigenvalue weighted by Crippen LogP contribution is -2.50. The molecular weight excluding hydrogens is 430 g/mol. The number of amides is 2. The zero-order valence-electron chi connectivity index (χ0n) is 18.0. The highest BCUT2D eigenvalue weighted by Gasteiger charge is 2.67. The van der Waals surface area contributed by atoms with Crippen LogP contribution < -0.4 is 0 Å². The highest BCUT2D eigenvalue weighted by atomic mass is 32.2. The third-order valence-electron chi connectivity index (χ3n) is 8.03. The molecule has 0 N–H and O–H groups in total. The van der Waals surface area contributed by atoms with Gasteiger partial charge in [0.05, 0.1) is 12.4 Å². The first-order valence-electron chi connectivity index (χ1n) is 10.6. The van der Waals surface area contributed by atoms with Gasteiger partial charge >= 0.3 is 11.3 Å². The zero-order chi connectivity index (χ0) is 22.6. The molecule has 3 heterocycles. The fraction of sp³-hybridized carbons (Fsp3) is 0.850. The van der Waals surface area contributed by atoms with Crippen molar-refractivity contribution >= 4 is 27.0 Å². The molecule has 0 aromatic carbocycles. The molecule has 0 unspecified atom stereocenters. The summed E-state index contributed by atoms with van der Waals surface area (Å²) in [6.07, 6.45) is -3.03. The zero-order valence-corrected chi connectivity index (χ0v) is 18.8. The Morgan fingerprint density at radius 3 is 2.48 bits per heavy atom. The average molecular weight is 458 g/mol. The van der Waals surface area contributed by atoms with Crippen LogP contribution in [0.2, 0.25) is 0 Å². The van der Waals surface area contributed by atoms with E-state index in [9.17, 15) is 22.8 Å². The highest BCUT2D eigenvalue weighted by molar-refractivity contribution is 8.06. The summed E-state index contributed by atoms with van der Waals surface area (Å²) >= 11 is 0. The number of fused-ring (bicyclic) bond motifs is 5. The maximum absolute atomic E-state index is 13.2. The summed E-state index contributed by atoms with van der Waals surface area (Å²) in [7, 11) is -4.49. The standard InChI is InChI=1S/C20H27NO9S/c1-18(2)10-5-6-20(18,12(22)7-10)9-31(25,26)17(24)21-15-14(29-16(21)23)13-11(28-15)8-27-19(3,4)30-13/h10-11,13-15H,5-9H2,1-4H3/t10-,11-,13+,14-,15+,20-/m1/s1. The molecule has 2 aliphatic carbocycles. The molecule has 0 aromatic heterocycles. The van der Waals surface area contributed by atoms with Crippen LogP contribution in [0.1, 0.15) is 47.0 Å². The third kappa shape index (κ3) is 2.79. The van der Waals surface area contributed by atoms with Gasteiger partial charge in [-0.15, -0.1) is 0 Å². The monoisotopic (exact) mass is 457 g/mol. The Bertz CT molecular complexity index is 973. The first kappa shape index (κ1) is 21.3. The van der Waals surface area contributed by atoms with Gasteiger partial charge in [0.25, 0.3) is 0 Å². The molecule has 2 bridgehead atoms. The summed E-state index contributed by atoms with van der Waals surface area (Å²) in [6.45, 7) is 7.34. The Morgan fingerprint density at radius 1 is 1.16 bits per heavy atom. The van der Waals surface area contributed by atoms with Gasteiger partial charge in [-0.3, -0.25) is 9.59 Å². The minimum absolute atomic E-state index is 0.105. The van der Waals surface area contributed by atoms with E-state index in [4.69, 9.17) is 18.9 Å². The van der Waals surface area contributed by atoms with E-state index in [-0.39, 0.29) is 18.3 Å². The molecule has 31 heavy (non-hydrogen) atoms. The maximum atomic E-state index is 13.2. The van der Waals surface area contributed by atoms with Crippen molar-refractivity contribution in [3.63, 3.8) is 0 Å². The predicted octanol–water partition coefficient (Wildman–Crippen LogP) is 1.61. The van der Waals surface area contributed by atoms with Crippen molar-refractivity contribution in [2.24, 2.45) is 16.7 Å². The number of ether oxygens (including phenoxy) is 4. The lowest BCUT2D eigenvalue weighted by atomic mass is 9.70. The van der Waals surface area contributed by atoms with E-state index >= 15 is 0 Å². The fourth-order valence-corrected chi connectivity index (χ4v) is 7.99. The molecule has 0 aromatic rings. The number of ketones is 1. The maximum Gasteiger partial charge on any atom is 0.420 e. The molecule has 0 radical (unpaired) electrons. The molecule has 3 saturated heterocycles. The van der Waals surface area contributed by atoms with Crippen molar-refractivity contribution in [3.8, 4) is 0 Å². The molecule has 0 spiro atoms. The first-order chi connectivity index (χ1) is 14.3. The van der Waals surface area contributed by atoms with Crippen molar-refractivity contribution in [3.05, 3.63) is 0 Å². The topological polar surface area (TPSA) is 126 Å². The third-order valence-corrected chi connectivity index (χ3v) is 9.63. The second-order valence-electron chi connectivity index (χ2n) is 10.3. The van der Waals surface area contributed by atoms with E-state index in [1.807, 2.05) is 13.8 Å². The molecule has 3 aliphatic heterocycles. The van der Waals surface area contributed by atoms with Crippen molar-refractivity contribution in [2.75, 3.05) is 12.4 Å². The number of carbonyl (C=O) groups excluding carboxylic acids is 3. The van der Waals surface area contributed by atoms with E-state index in [0.717, 1.165) is 6.42 Å². The lowest BCUT2D eigenvalue weighted by molar-refractivity contribution is -0.301. The second kappa shape index (κ2) is 6.27. The van der Waals surface area contributed by atoms with Crippen LogP contribution in [0.3, 0.4) is 0 Å².